The highest BCUT2D eigenvalue weighted by Gasteiger charge is 2.22. The summed E-state index contributed by atoms with van der Waals surface area (Å²) in [4.78, 5) is 13.0. The van der Waals surface area contributed by atoms with Gasteiger partial charge in [0.25, 0.3) is 0 Å². The molecule has 0 saturated carbocycles. The molecule has 118 valence electrons. The molecule has 1 atom stereocenters. The normalized spacial score (nSPS) is 12.5. The Hall–Kier alpha value is -1.75. The zero-order valence-electron chi connectivity index (χ0n) is 13.4. The molecule has 1 rings (SSSR count). The highest BCUT2D eigenvalue weighted by atomic mass is 16.5. The van der Waals surface area contributed by atoms with Crippen LogP contribution in [0.15, 0.2) is 18.2 Å². The molecule has 0 aliphatic heterocycles. The third-order valence-electron chi connectivity index (χ3n) is 3.37. The summed E-state index contributed by atoms with van der Waals surface area (Å²) < 4.78 is 10.7. The Bertz CT molecular complexity index is 473. The fourth-order valence-electron chi connectivity index (χ4n) is 2.36. The van der Waals surface area contributed by atoms with E-state index in [0.717, 1.165) is 17.1 Å². The molecule has 1 N–H and O–H groups in total. The maximum absolute atomic E-state index is 11.1. The SMILES string of the molecule is COc1ccc(OC)c(C(C)N(CC(=O)O)CC(C)C)c1. The second-order valence-electron chi connectivity index (χ2n) is 5.50. The van der Waals surface area contributed by atoms with Crippen LogP contribution in [0.1, 0.15) is 32.4 Å². The van der Waals surface area contributed by atoms with Gasteiger partial charge in [-0.05, 0) is 31.0 Å². The van der Waals surface area contributed by atoms with E-state index in [1.165, 1.54) is 0 Å². The number of carboxylic acids is 1. The number of hydrogen-bond acceptors (Lipinski definition) is 4. The van der Waals surface area contributed by atoms with Crippen LogP contribution >= 0.6 is 0 Å². The molecule has 0 fully saturated rings. The number of ether oxygens (including phenoxy) is 2. The van der Waals surface area contributed by atoms with Crippen molar-refractivity contribution in [3.63, 3.8) is 0 Å². The first-order valence-electron chi connectivity index (χ1n) is 7.06. The van der Waals surface area contributed by atoms with Crippen LogP contribution in [0.3, 0.4) is 0 Å². The van der Waals surface area contributed by atoms with Crippen molar-refractivity contribution in [2.75, 3.05) is 27.3 Å². The topological polar surface area (TPSA) is 59.0 Å². The number of carboxylic acid groups (broad SMARTS) is 1. The molecule has 0 saturated heterocycles. The summed E-state index contributed by atoms with van der Waals surface area (Å²) in [6.07, 6.45) is 0. The third-order valence-corrected chi connectivity index (χ3v) is 3.37. The second kappa shape index (κ2) is 7.88. The fourth-order valence-corrected chi connectivity index (χ4v) is 2.36. The lowest BCUT2D eigenvalue weighted by molar-refractivity contribution is -0.139. The van der Waals surface area contributed by atoms with E-state index < -0.39 is 5.97 Å². The van der Waals surface area contributed by atoms with E-state index in [2.05, 4.69) is 13.8 Å². The van der Waals surface area contributed by atoms with Crippen LogP contribution < -0.4 is 9.47 Å². The quantitative estimate of drug-likeness (QED) is 0.799. The van der Waals surface area contributed by atoms with Gasteiger partial charge in [0.05, 0.1) is 20.8 Å². The van der Waals surface area contributed by atoms with Gasteiger partial charge in [-0.3, -0.25) is 9.69 Å². The molecule has 5 nitrogen and oxygen atoms in total. The van der Waals surface area contributed by atoms with E-state index >= 15 is 0 Å². The van der Waals surface area contributed by atoms with Gasteiger partial charge in [-0.2, -0.15) is 0 Å². The number of nitrogens with zero attached hydrogens (tertiary/aromatic N) is 1. The molecule has 0 spiro atoms. The lowest BCUT2D eigenvalue weighted by Gasteiger charge is -2.30. The predicted octanol–water partition coefficient (Wildman–Crippen LogP) is 2.81. The van der Waals surface area contributed by atoms with Gasteiger partial charge in [-0.25, -0.2) is 0 Å². The molecule has 0 amide bonds. The summed E-state index contributed by atoms with van der Waals surface area (Å²) in [5.41, 5.74) is 0.929. The lowest BCUT2D eigenvalue weighted by Crippen LogP contribution is -2.35. The number of hydrogen-bond donors (Lipinski definition) is 1. The van der Waals surface area contributed by atoms with Gasteiger partial charge >= 0.3 is 5.97 Å². The van der Waals surface area contributed by atoms with Crippen LogP contribution in [-0.2, 0) is 4.79 Å². The van der Waals surface area contributed by atoms with Crippen LogP contribution in [0, 0.1) is 5.92 Å². The Labute approximate surface area is 126 Å². The van der Waals surface area contributed by atoms with E-state index in [1.54, 1.807) is 14.2 Å². The van der Waals surface area contributed by atoms with Crippen molar-refractivity contribution in [2.45, 2.75) is 26.8 Å². The Balaban J connectivity index is 3.11. The van der Waals surface area contributed by atoms with Crippen LogP contribution in [0.4, 0.5) is 0 Å². The number of carbonyl (C=O) groups is 1. The summed E-state index contributed by atoms with van der Waals surface area (Å²) in [7, 11) is 3.22. The number of methoxy groups -OCH3 is 2. The highest BCUT2D eigenvalue weighted by Crippen LogP contribution is 2.32. The van der Waals surface area contributed by atoms with Gasteiger partial charge in [0.2, 0.25) is 0 Å². The molecule has 0 radical (unpaired) electrons. The van der Waals surface area contributed by atoms with Crippen molar-refractivity contribution in [3.8, 4) is 11.5 Å². The molecule has 1 aromatic rings. The maximum atomic E-state index is 11.1. The Morgan fingerprint density at radius 3 is 2.38 bits per heavy atom. The molecule has 1 aromatic carbocycles. The molecule has 0 aliphatic rings. The van der Waals surface area contributed by atoms with Gasteiger partial charge in [0, 0.05) is 18.2 Å². The summed E-state index contributed by atoms with van der Waals surface area (Å²) in [6, 6.07) is 5.50. The number of benzene rings is 1. The van der Waals surface area contributed by atoms with Gasteiger partial charge in [-0.1, -0.05) is 13.8 Å². The van der Waals surface area contributed by atoms with Crippen LogP contribution in [0.2, 0.25) is 0 Å². The first-order chi connectivity index (χ1) is 9.88. The van der Waals surface area contributed by atoms with Crippen molar-refractivity contribution < 1.29 is 19.4 Å². The van der Waals surface area contributed by atoms with Crippen molar-refractivity contribution in [1.82, 2.24) is 4.90 Å². The fraction of sp³-hybridized carbons (Fsp3) is 0.562. The summed E-state index contributed by atoms with van der Waals surface area (Å²) in [5, 5.41) is 9.12. The number of aliphatic carboxylic acids is 1. The van der Waals surface area contributed by atoms with E-state index in [4.69, 9.17) is 14.6 Å². The van der Waals surface area contributed by atoms with Gasteiger partial charge in [0.15, 0.2) is 0 Å². The van der Waals surface area contributed by atoms with Gasteiger partial charge in [-0.15, -0.1) is 0 Å². The standard InChI is InChI=1S/C16H25NO4/c1-11(2)9-17(10-16(18)19)12(3)14-8-13(20-4)6-7-15(14)21-5/h6-8,11-12H,9-10H2,1-5H3,(H,18,19). The van der Waals surface area contributed by atoms with E-state index in [0.29, 0.717) is 12.5 Å². The highest BCUT2D eigenvalue weighted by molar-refractivity contribution is 5.69. The average Bonchev–Trinajstić information content (AvgIpc) is 2.44. The molecule has 0 aliphatic carbocycles. The zero-order valence-corrected chi connectivity index (χ0v) is 13.4. The van der Waals surface area contributed by atoms with Gasteiger partial charge < -0.3 is 14.6 Å². The Kier molecular flexibility index (Phi) is 6.49. The largest absolute Gasteiger partial charge is 0.497 e. The predicted molar refractivity (Wildman–Crippen MR) is 82.0 cm³/mol. The number of rotatable bonds is 8. The monoisotopic (exact) mass is 295 g/mol. The molecular weight excluding hydrogens is 270 g/mol. The van der Waals surface area contributed by atoms with Crippen LogP contribution in [0.25, 0.3) is 0 Å². The molecule has 0 bridgehead atoms. The van der Waals surface area contributed by atoms with E-state index in [1.807, 2.05) is 30.0 Å². The average molecular weight is 295 g/mol. The summed E-state index contributed by atoms with van der Waals surface area (Å²) in [5.74, 6) is 1.02. The van der Waals surface area contributed by atoms with Crippen molar-refractivity contribution in [2.24, 2.45) is 5.92 Å². The summed E-state index contributed by atoms with van der Waals surface area (Å²) >= 11 is 0. The molecule has 1 unspecified atom stereocenters. The van der Waals surface area contributed by atoms with E-state index in [9.17, 15) is 4.79 Å². The van der Waals surface area contributed by atoms with Gasteiger partial charge in [0.1, 0.15) is 11.5 Å². The summed E-state index contributed by atoms with van der Waals surface area (Å²) in [6.45, 7) is 6.84. The minimum Gasteiger partial charge on any atom is -0.497 e. The van der Waals surface area contributed by atoms with Crippen LogP contribution in [-0.4, -0.2) is 43.3 Å². The Morgan fingerprint density at radius 2 is 1.90 bits per heavy atom. The molecule has 21 heavy (non-hydrogen) atoms. The van der Waals surface area contributed by atoms with Crippen molar-refractivity contribution in [1.29, 1.82) is 0 Å². The smallest absolute Gasteiger partial charge is 0.317 e. The molecule has 0 aromatic heterocycles. The second-order valence-corrected chi connectivity index (χ2v) is 5.50. The molecule has 5 heteroatoms. The van der Waals surface area contributed by atoms with Crippen molar-refractivity contribution in [3.05, 3.63) is 23.8 Å². The molecule has 0 heterocycles. The maximum Gasteiger partial charge on any atom is 0.317 e. The van der Waals surface area contributed by atoms with E-state index in [-0.39, 0.29) is 12.6 Å². The zero-order chi connectivity index (χ0) is 16.0. The Morgan fingerprint density at radius 1 is 1.24 bits per heavy atom. The van der Waals surface area contributed by atoms with Crippen molar-refractivity contribution >= 4 is 5.97 Å². The minimum atomic E-state index is -0.829. The minimum absolute atomic E-state index is 0.000287. The van der Waals surface area contributed by atoms with Crippen LogP contribution in [0.5, 0.6) is 11.5 Å². The third kappa shape index (κ3) is 4.93. The first kappa shape index (κ1) is 17.3. The lowest BCUT2D eigenvalue weighted by atomic mass is 10.0. The molecular formula is C16H25NO4. The first-order valence-corrected chi connectivity index (χ1v) is 7.06.